The molecule has 3 rings (SSSR count). The van der Waals surface area contributed by atoms with E-state index < -0.39 is 0 Å². The van der Waals surface area contributed by atoms with E-state index in [2.05, 4.69) is 5.32 Å². The number of halogens is 2. The molecular weight excluding hydrogens is 244 g/mol. The summed E-state index contributed by atoms with van der Waals surface area (Å²) < 4.78 is 27.2. The van der Waals surface area contributed by atoms with E-state index in [1.165, 1.54) is 12.1 Å². The number of fused-ring (bicyclic) bond motifs is 1. The van der Waals surface area contributed by atoms with Gasteiger partial charge < -0.3 is 5.32 Å². The monoisotopic (exact) mass is 259 g/mol. The number of rotatable bonds is 2. The summed E-state index contributed by atoms with van der Waals surface area (Å²) in [4.78, 5) is 0. The van der Waals surface area contributed by atoms with Crippen LogP contribution in [0, 0.1) is 18.6 Å². The van der Waals surface area contributed by atoms with Crippen LogP contribution in [-0.2, 0) is 6.42 Å². The summed E-state index contributed by atoms with van der Waals surface area (Å²) >= 11 is 0. The number of nitrogens with one attached hydrogen (secondary N) is 1. The van der Waals surface area contributed by atoms with E-state index in [-0.39, 0.29) is 17.7 Å². The highest BCUT2D eigenvalue weighted by molar-refractivity contribution is 5.54. The lowest BCUT2D eigenvalue weighted by Gasteiger charge is -2.17. The first-order valence-electron chi connectivity index (χ1n) is 6.46. The van der Waals surface area contributed by atoms with Crippen LogP contribution in [0.2, 0.25) is 0 Å². The van der Waals surface area contributed by atoms with E-state index in [0.29, 0.717) is 5.56 Å². The normalized spacial score (nSPS) is 17.3. The van der Waals surface area contributed by atoms with Crippen LogP contribution in [-0.4, -0.2) is 0 Å². The van der Waals surface area contributed by atoms with Crippen molar-refractivity contribution in [3.8, 4) is 0 Å². The number of benzene rings is 2. The average molecular weight is 259 g/mol. The summed E-state index contributed by atoms with van der Waals surface area (Å²) in [7, 11) is 0. The van der Waals surface area contributed by atoms with E-state index >= 15 is 0 Å². The van der Waals surface area contributed by atoms with Gasteiger partial charge in [-0.1, -0.05) is 18.2 Å². The lowest BCUT2D eigenvalue weighted by Crippen LogP contribution is -2.08. The van der Waals surface area contributed by atoms with E-state index in [0.717, 1.165) is 29.7 Å². The Morgan fingerprint density at radius 3 is 2.63 bits per heavy atom. The molecule has 1 nitrogen and oxygen atoms in total. The zero-order valence-electron chi connectivity index (χ0n) is 10.7. The third-order valence-electron chi connectivity index (χ3n) is 3.81. The summed E-state index contributed by atoms with van der Waals surface area (Å²) in [6.07, 6.45) is 1.57. The molecule has 98 valence electrons. The van der Waals surface area contributed by atoms with Crippen LogP contribution in [0.25, 0.3) is 0 Å². The molecule has 0 saturated carbocycles. The number of hydrogen-bond acceptors (Lipinski definition) is 1. The van der Waals surface area contributed by atoms with Gasteiger partial charge in [-0.3, -0.25) is 0 Å². The molecule has 1 aliphatic carbocycles. The van der Waals surface area contributed by atoms with Crippen molar-refractivity contribution in [2.24, 2.45) is 0 Å². The highest BCUT2D eigenvalue weighted by Gasteiger charge is 2.25. The highest BCUT2D eigenvalue weighted by Crippen LogP contribution is 2.35. The van der Waals surface area contributed by atoms with Crippen molar-refractivity contribution in [1.29, 1.82) is 0 Å². The Hall–Kier alpha value is -1.90. The van der Waals surface area contributed by atoms with Gasteiger partial charge in [0.25, 0.3) is 0 Å². The molecule has 1 unspecified atom stereocenters. The standard InChI is InChI=1S/C16H15F2N/c1-10-13(17)5-3-7-15(10)19-16-9-8-11-12(16)4-2-6-14(11)18/h2-7,16,19H,8-9H2,1H3. The molecule has 0 saturated heterocycles. The minimum absolute atomic E-state index is 0.0613. The lowest BCUT2D eigenvalue weighted by atomic mass is 10.1. The van der Waals surface area contributed by atoms with Gasteiger partial charge in [0.2, 0.25) is 0 Å². The van der Waals surface area contributed by atoms with Gasteiger partial charge in [-0.15, -0.1) is 0 Å². The van der Waals surface area contributed by atoms with Gasteiger partial charge in [0.05, 0.1) is 6.04 Å². The van der Waals surface area contributed by atoms with Crippen LogP contribution in [0.4, 0.5) is 14.5 Å². The molecular formula is C16H15F2N. The zero-order valence-corrected chi connectivity index (χ0v) is 10.7. The maximum atomic E-state index is 13.7. The molecule has 0 fully saturated rings. The van der Waals surface area contributed by atoms with Crippen LogP contribution in [0.5, 0.6) is 0 Å². The van der Waals surface area contributed by atoms with Crippen LogP contribution in [0.3, 0.4) is 0 Å². The molecule has 19 heavy (non-hydrogen) atoms. The van der Waals surface area contributed by atoms with Crippen LogP contribution in [0.15, 0.2) is 36.4 Å². The van der Waals surface area contributed by atoms with E-state index in [4.69, 9.17) is 0 Å². The Labute approximate surface area is 111 Å². The quantitative estimate of drug-likeness (QED) is 0.844. The summed E-state index contributed by atoms with van der Waals surface area (Å²) in [5, 5.41) is 3.33. The Balaban J connectivity index is 1.91. The van der Waals surface area contributed by atoms with Gasteiger partial charge >= 0.3 is 0 Å². The fourth-order valence-electron chi connectivity index (χ4n) is 2.71. The second-order valence-electron chi connectivity index (χ2n) is 4.96. The SMILES string of the molecule is Cc1c(F)cccc1NC1CCc2c(F)cccc21. The first kappa shape index (κ1) is 12.2. The second-order valence-corrected chi connectivity index (χ2v) is 4.96. The molecule has 2 aromatic rings. The molecule has 1 atom stereocenters. The molecule has 2 aromatic carbocycles. The smallest absolute Gasteiger partial charge is 0.128 e. The van der Waals surface area contributed by atoms with E-state index in [9.17, 15) is 8.78 Å². The topological polar surface area (TPSA) is 12.0 Å². The number of anilines is 1. The van der Waals surface area contributed by atoms with Gasteiger partial charge in [0, 0.05) is 11.3 Å². The third kappa shape index (κ3) is 2.09. The largest absolute Gasteiger partial charge is 0.378 e. The fourth-order valence-corrected chi connectivity index (χ4v) is 2.71. The van der Waals surface area contributed by atoms with Gasteiger partial charge in [-0.2, -0.15) is 0 Å². The summed E-state index contributed by atoms with van der Waals surface area (Å²) in [6.45, 7) is 1.75. The molecule has 0 bridgehead atoms. The predicted molar refractivity (Wildman–Crippen MR) is 72.2 cm³/mol. The molecule has 0 radical (unpaired) electrons. The first-order valence-corrected chi connectivity index (χ1v) is 6.46. The van der Waals surface area contributed by atoms with Crippen LogP contribution >= 0.6 is 0 Å². The minimum Gasteiger partial charge on any atom is -0.378 e. The summed E-state index contributed by atoms with van der Waals surface area (Å²) in [6, 6.07) is 10.2. The molecule has 0 heterocycles. The van der Waals surface area contributed by atoms with Crippen molar-refractivity contribution in [3.05, 3.63) is 64.7 Å². The molecule has 0 aliphatic heterocycles. The molecule has 0 spiro atoms. The summed E-state index contributed by atoms with van der Waals surface area (Å²) in [5.74, 6) is -0.361. The van der Waals surface area contributed by atoms with Gasteiger partial charge in [-0.25, -0.2) is 8.78 Å². The van der Waals surface area contributed by atoms with Gasteiger partial charge in [-0.05, 0) is 49.1 Å². The van der Waals surface area contributed by atoms with Crippen molar-refractivity contribution in [2.45, 2.75) is 25.8 Å². The first-order chi connectivity index (χ1) is 9.16. The Morgan fingerprint density at radius 1 is 1.05 bits per heavy atom. The fraction of sp³-hybridized carbons (Fsp3) is 0.250. The predicted octanol–water partition coefficient (Wildman–Crippen LogP) is 4.37. The van der Waals surface area contributed by atoms with Crippen molar-refractivity contribution >= 4 is 5.69 Å². The second kappa shape index (κ2) is 4.65. The Morgan fingerprint density at radius 2 is 1.79 bits per heavy atom. The van der Waals surface area contributed by atoms with Gasteiger partial charge in [0.15, 0.2) is 0 Å². The molecule has 1 aliphatic rings. The molecule has 3 heteroatoms. The zero-order chi connectivity index (χ0) is 13.4. The molecule has 1 N–H and O–H groups in total. The summed E-state index contributed by atoms with van der Waals surface area (Å²) in [5.41, 5.74) is 3.16. The van der Waals surface area contributed by atoms with E-state index in [1.807, 2.05) is 12.1 Å². The Bertz CT molecular complexity index is 622. The van der Waals surface area contributed by atoms with Gasteiger partial charge in [0.1, 0.15) is 11.6 Å². The molecule has 0 aromatic heterocycles. The third-order valence-corrected chi connectivity index (χ3v) is 3.81. The maximum absolute atomic E-state index is 13.7. The molecule has 0 amide bonds. The lowest BCUT2D eigenvalue weighted by molar-refractivity contribution is 0.612. The van der Waals surface area contributed by atoms with Crippen molar-refractivity contribution in [1.82, 2.24) is 0 Å². The number of hydrogen-bond donors (Lipinski definition) is 1. The van der Waals surface area contributed by atoms with Crippen molar-refractivity contribution in [2.75, 3.05) is 5.32 Å². The Kier molecular flexibility index (Phi) is 2.97. The van der Waals surface area contributed by atoms with Crippen molar-refractivity contribution < 1.29 is 8.78 Å². The van der Waals surface area contributed by atoms with Crippen LogP contribution in [0.1, 0.15) is 29.2 Å². The average Bonchev–Trinajstić information content (AvgIpc) is 2.80. The highest BCUT2D eigenvalue weighted by atomic mass is 19.1. The van der Waals surface area contributed by atoms with Crippen LogP contribution < -0.4 is 5.32 Å². The van der Waals surface area contributed by atoms with Crippen molar-refractivity contribution in [3.63, 3.8) is 0 Å². The maximum Gasteiger partial charge on any atom is 0.128 e. The van der Waals surface area contributed by atoms with E-state index in [1.54, 1.807) is 19.1 Å². The minimum atomic E-state index is -0.220.